The van der Waals surface area contributed by atoms with Crippen molar-refractivity contribution in [2.75, 3.05) is 19.8 Å². The van der Waals surface area contributed by atoms with E-state index in [0.717, 1.165) is 45.5 Å². The Bertz CT molecular complexity index is 468. The number of rotatable bonds is 2. The van der Waals surface area contributed by atoms with Gasteiger partial charge in [-0.05, 0) is 62.1 Å². The molecule has 3 nitrogen and oxygen atoms in total. The fourth-order valence-electron chi connectivity index (χ4n) is 4.05. The largest absolute Gasteiger partial charge is 0.381 e. The Morgan fingerprint density at radius 1 is 1.14 bits per heavy atom. The Morgan fingerprint density at radius 3 is 2.48 bits per heavy atom. The molecule has 0 saturated carbocycles. The van der Waals surface area contributed by atoms with Gasteiger partial charge in [0.1, 0.15) is 0 Å². The fourth-order valence-corrected chi connectivity index (χ4v) is 4.05. The van der Waals surface area contributed by atoms with Crippen molar-refractivity contribution in [1.29, 1.82) is 0 Å². The molecular weight excluding hydrogens is 262 g/mol. The maximum Gasteiger partial charge on any atom is 0.0729 e. The molecule has 1 aromatic rings. The van der Waals surface area contributed by atoms with E-state index in [4.69, 9.17) is 15.2 Å². The first-order chi connectivity index (χ1) is 10.1. The molecule has 2 unspecified atom stereocenters. The minimum atomic E-state index is 0.0232. The van der Waals surface area contributed by atoms with Crippen LogP contribution in [0.4, 0.5) is 0 Å². The zero-order valence-electron chi connectivity index (χ0n) is 13.2. The first kappa shape index (κ1) is 15.0. The number of ether oxygens (including phenoxy) is 2. The van der Waals surface area contributed by atoms with Gasteiger partial charge in [0, 0.05) is 25.9 Å². The molecule has 3 heteroatoms. The van der Waals surface area contributed by atoms with Gasteiger partial charge in [-0.25, -0.2) is 0 Å². The van der Waals surface area contributed by atoms with Crippen LogP contribution in [-0.2, 0) is 9.47 Å². The molecule has 0 radical (unpaired) electrons. The molecule has 0 aromatic heterocycles. The summed E-state index contributed by atoms with van der Waals surface area (Å²) in [4.78, 5) is 0. The molecule has 3 rings (SSSR count). The molecule has 2 saturated heterocycles. The van der Waals surface area contributed by atoms with Gasteiger partial charge in [-0.15, -0.1) is 0 Å². The monoisotopic (exact) mass is 289 g/mol. The number of aryl methyl sites for hydroxylation is 2. The summed E-state index contributed by atoms with van der Waals surface area (Å²) in [5, 5.41) is 0. The molecular formula is C18H27NO2. The molecule has 116 valence electrons. The van der Waals surface area contributed by atoms with Crippen molar-refractivity contribution < 1.29 is 9.47 Å². The summed E-state index contributed by atoms with van der Waals surface area (Å²) < 4.78 is 11.7. The number of hydrogen-bond acceptors (Lipinski definition) is 3. The molecule has 0 aliphatic carbocycles. The molecule has 0 bridgehead atoms. The van der Waals surface area contributed by atoms with Crippen LogP contribution in [0, 0.1) is 19.8 Å². The van der Waals surface area contributed by atoms with Crippen LogP contribution >= 0.6 is 0 Å². The fraction of sp³-hybridized carbons (Fsp3) is 0.667. The maximum absolute atomic E-state index is 6.67. The zero-order valence-corrected chi connectivity index (χ0v) is 13.2. The first-order valence-electron chi connectivity index (χ1n) is 8.15. The summed E-state index contributed by atoms with van der Waals surface area (Å²) in [7, 11) is 0. The van der Waals surface area contributed by atoms with Gasteiger partial charge in [0.2, 0.25) is 0 Å². The lowest BCUT2D eigenvalue weighted by atomic mass is 9.75. The van der Waals surface area contributed by atoms with E-state index in [0.29, 0.717) is 5.92 Å². The summed E-state index contributed by atoms with van der Waals surface area (Å²) in [6.07, 6.45) is 4.18. The van der Waals surface area contributed by atoms with E-state index in [1.54, 1.807) is 0 Å². The quantitative estimate of drug-likeness (QED) is 0.908. The highest BCUT2D eigenvalue weighted by molar-refractivity contribution is 5.36. The van der Waals surface area contributed by atoms with Crippen molar-refractivity contribution in [2.24, 2.45) is 11.7 Å². The SMILES string of the molecule is Cc1cccc(C)c1C(N)C1CCOC2(CCOCC2)C1. The van der Waals surface area contributed by atoms with Crippen LogP contribution in [0.15, 0.2) is 18.2 Å². The van der Waals surface area contributed by atoms with Gasteiger partial charge >= 0.3 is 0 Å². The van der Waals surface area contributed by atoms with Crippen LogP contribution in [0.25, 0.3) is 0 Å². The van der Waals surface area contributed by atoms with Gasteiger partial charge in [-0.2, -0.15) is 0 Å². The van der Waals surface area contributed by atoms with E-state index in [-0.39, 0.29) is 11.6 Å². The van der Waals surface area contributed by atoms with Crippen molar-refractivity contribution in [2.45, 2.75) is 51.2 Å². The lowest BCUT2D eigenvalue weighted by Gasteiger charge is -2.45. The number of benzene rings is 1. The molecule has 0 amide bonds. The van der Waals surface area contributed by atoms with Crippen molar-refractivity contribution in [3.8, 4) is 0 Å². The highest BCUT2D eigenvalue weighted by atomic mass is 16.5. The van der Waals surface area contributed by atoms with E-state index in [1.165, 1.54) is 16.7 Å². The van der Waals surface area contributed by atoms with Crippen LogP contribution in [0.3, 0.4) is 0 Å². The molecule has 2 atom stereocenters. The lowest BCUT2D eigenvalue weighted by molar-refractivity contribution is -0.149. The smallest absolute Gasteiger partial charge is 0.0729 e. The molecule has 2 aliphatic heterocycles. The van der Waals surface area contributed by atoms with Gasteiger partial charge in [-0.3, -0.25) is 0 Å². The van der Waals surface area contributed by atoms with Crippen molar-refractivity contribution >= 4 is 0 Å². The standard InChI is InChI=1S/C18H27NO2/c1-13-4-3-5-14(2)16(13)17(19)15-6-9-21-18(12-15)7-10-20-11-8-18/h3-5,15,17H,6-12,19H2,1-2H3. The topological polar surface area (TPSA) is 44.5 Å². The van der Waals surface area contributed by atoms with E-state index < -0.39 is 0 Å². The summed E-state index contributed by atoms with van der Waals surface area (Å²) >= 11 is 0. The third-order valence-corrected chi connectivity index (χ3v) is 5.32. The summed E-state index contributed by atoms with van der Waals surface area (Å²) in [6, 6.07) is 6.58. The second kappa shape index (κ2) is 6.07. The van der Waals surface area contributed by atoms with Crippen molar-refractivity contribution in [1.82, 2.24) is 0 Å². The van der Waals surface area contributed by atoms with Crippen LogP contribution < -0.4 is 5.73 Å². The minimum absolute atomic E-state index is 0.0232. The third kappa shape index (κ3) is 3.01. The van der Waals surface area contributed by atoms with Crippen LogP contribution in [0.5, 0.6) is 0 Å². The average Bonchev–Trinajstić information content (AvgIpc) is 2.48. The van der Waals surface area contributed by atoms with E-state index in [1.807, 2.05) is 0 Å². The Balaban J connectivity index is 1.79. The minimum Gasteiger partial charge on any atom is -0.381 e. The number of nitrogens with two attached hydrogens (primary N) is 1. The van der Waals surface area contributed by atoms with E-state index >= 15 is 0 Å². The predicted molar refractivity (Wildman–Crippen MR) is 84.3 cm³/mol. The third-order valence-electron chi connectivity index (χ3n) is 5.32. The molecule has 2 heterocycles. The first-order valence-corrected chi connectivity index (χ1v) is 8.15. The Kier molecular flexibility index (Phi) is 4.34. The van der Waals surface area contributed by atoms with E-state index in [2.05, 4.69) is 32.0 Å². The summed E-state index contributed by atoms with van der Waals surface area (Å²) in [5.74, 6) is 0.511. The second-order valence-corrected chi connectivity index (χ2v) is 6.73. The highest BCUT2D eigenvalue weighted by Crippen LogP contribution is 2.42. The highest BCUT2D eigenvalue weighted by Gasteiger charge is 2.41. The Hall–Kier alpha value is -0.900. The van der Waals surface area contributed by atoms with Crippen LogP contribution in [0.1, 0.15) is 48.4 Å². The van der Waals surface area contributed by atoms with Crippen LogP contribution in [0.2, 0.25) is 0 Å². The summed E-state index contributed by atoms with van der Waals surface area (Å²) in [5.41, 5.74) is 10.7. The Morgan fingerprint density at radius 2 is 1.81 bits per heavy atom. The van der Waals surface area contributed by atoms with Gasteiger partial charge in [0.05, 0.1) is 5.60 Å². The maximum atomic E-state index is 6.67. The average molecular weight is 289 g/mol. The molecule has 21 heavy (non-hydrogen) atoms. The van der Waals surface area contributed by atoms with Gasteiger partial charge < -0.3 is 15.2 Å². The normalized spacial score (nSPS) is 26.7. The second-order valence-electron chi connectivity index (χ2n) is 6.73. The summed E-state index contributed by atoms with van der Waals surface area (Å²) in [6.45, 7) is 6.83. The van der Waals surface area contributed by atoms with Crippen LogP contribution in [-0.4, -0.2) is 25.4 Å². The molecule has 2 aliphatic rings. The van der Waals surface area contributed by atoms with Gasteiger partial charge in [-0.1, -0.05) is 18.2 Å². The molecule has 2 N–H and O–H groups in total. The lowest BCUT2D eigenvalue weighted by Crippen LogP contribution is -2.46. The number of hydrogen-bond donors (Lipinski definition) is 1. The predicted octanol–water partition coefficient (Wildman–Crippen LogP) is 3.28. The molecule has 1 aromatic carbocycles. The molecule has 1 spiro atoms. The van der Waals surface area contributed by atoms with Gasteiger partial charge in [0.25, 0.3) is 0 Å². The van der Waals surface area contributed by atoms with E-state index in [9.17, 15) is 0 Å². The molecule has 2 fully saturated rings. The van der Waals surface area contributed by atoms with Gasteiger partial charge in [0.15, 0.2) is 0 Å². The Labute approximate surface area is 127 Å². The van der Waals surface area contributed by atoms with Crippen molar-refractivity contribution in [3.05, 3.63) is 34.9 Å². The van der Waals surface area contributed by atoms with Crippen molar-refractivity contribution in [3.63, 3.8) is 0 Å². The zero-order chi connectivity index (χ0) is 14.9.